The van der Waals surface area contributed by atoms with Gasteiger partial charge in [-0.3, -0.25) is 9.59 Å². The summed E-state index contributed by atoms with van der Waals surface area (Å²) >= 11 is 0. The number of piperidine rings is 2. The molecule has 14 nitrogen and oxygen atoms in total. The minimum atomic E-state index is -1.25. The van der Waals surface area contributed by atoms with E-state index in [0.29, 0.717) is 23.2 Å². The van der Waals surface area contributed by atoms with E-state index in [0.717, 1.165) is 90.0 Å². The second-order valence-corrected chi connectivity index (χ2v) is 17.9. The van der Waals surface area contributed by atoms with Gasteiger partial charge in [-0.25, -0.2) is 19.6 Å². The van der Waals surface area contributed by atoms with Gasteiger partial charge in [-0.2, -0.15) is 0 Å². The molecule has 0 bridgehead atoms. The number of alkyl carbamates (subject to hydrolysis) is 1. The molecule has 5 fully saturated rings. The molecule has 14 heteroatoms. The molecule has 5 aliphatic rings. The minimum absolute atomic E-state index is 0.0736. The Morgan fingerprint density at radius 1 is 0.656 bits per heavy atom. The van der Waals surface area contributed by atoms with E-state index in [2.05, 4.69) is 57.0 Å². The van der Waals surface area contributed by atoms with Crippen LogP contribution in [0.25, 0.3) is 33.6 Å². The van der Waals surface area contributed by atoms with Crippen molar-refractivity contribution in [2.45, 2.75) is 87.3 Å². The first kappa shape index (κ1) is 39.6. The van der Waals surface area contributed by atoms with E-state index in [1.165, 1.54) is 0 Å². The molecule has 6 aromatic rings. The molecular formula is C50H48N8O6. The highest BCUT2D eigenvalue weighted by Gasteiger charge is 2.57. The SMILES string of the molecule is O=C(O)N[C@@H](C(=O)N1[C@@H]2C[C@@H]2C[C@H]1c1nc(-c2ccc(-c3ccc(-c4cnc([C@@H]5C[C@H]6C[C@H]6N5C(=O)[C@H](NC(=O)OC5CCC5)c5ccccc5)[nH]4)cc3)cc2)c[nH]1)c1ccccc1. The molecule has 0 unspecified atom stereocenters. The first-order valence-corrected chi connectivity index (χ1v) is 22.3. The average molecular weight is 857 g/mol. The zero-order valence-electron chi connectivity index (χ0n) is 35.0. The van der Waals surface area contributed by atoms with Crippen molar-refractivity contribution in [3.63, 3.8) is 0 Å². The lowest BCUT2D eigenvalue weighted by Crippen LogP contribution is -2.45. The predicted octanol–water partition coefficient (Wildman–Crippen LogP) is 8.49. The maximum Gasteiger partial charge on any atom is 0.408 e. The summed E-state index contributed by atoms with van der Waals surface area (Å²) in [5.41, 5.74) is 6.93. The van der Waals surface area contributed by atoms with E-state index in [-0.39, 0.29) is 42.1 Å². The number of benzene rings is 4. The highest BCUT2D eigenvalue weighted by molar-refractivity contribution is 5.89. The quantitative estimate of drug-likeness (QED) is 0.0811. The van der Waals surface area contributed by atoms with Crippen LogP contribution < -0.4 is 10.6 Å². The Hall–Kier alpha value is -7.22. The third-order valence-electron chi connectivity index (χ3n) is 13.9. The van der Waals surface area contributed by atoms with Gasteiger partial charge in [-0.05, 0) is 84.6 Å². The second kappa shape index (κ2) is 16.2. The van der Waals surface area contributed by atoms with Crippen LogP contribution in [-0.4, -0.2) is 77.0 Å². The maximum atomic E-state index is 14.4. The van der Waals surface area contributed by atoms with Gasteiger partial charge in [0.1, 0.15) is 29.8 Å². The van der Waals surface area contributed by atoms with Crippen LogP contribution >= 0.6 is 0 Å². The zero-order chi connectivity index (χ0) is 43.5. The Morgan fingerprint density at radius 2 is 1.19 bits per heavy atom. The third kappa shape index (κ3) is 7.56. The number of ether oxygens (including phenoxy) is 1. The van der Waals surface area contributed by atoms with Gasteiger partial charge in [0.25, 0.3) is 11.8 Å². The topological polar surface area (TPSA) is 186 Å². The number of imidazole rings is 2. The number of carboxylic acid groups (broad SMARTS) is 1. The fourth-order valence-corrected chi connectivity index (χ4v) is 10.1. The first-order valence-electron chi connectivity index (χ1n) is 22.3. The van der Waals surface area contributed by atoms with Crippen molar-refractivity contribution < 1.29 is 29.0 Å². The molecule has 2 aliphatic heterocycles. The van der Waals surface area contributed by atoms with Crippen molar-refractivity contribution in [3.8, 4) is 33.6 Å². The smallest absolute Gasteiger partial charge is 0.408 e. The Morgan fingerprint density at radius 3 is 1.73 bits per heavy atom. The Bertz CT molecular complexity index is 2700. The Labute approximate surface area is 369 Å². The molecule has 0 radical (unpaired) electrons. The summed E-state index contributed by atoms with van der Waals surface area (Å²) in [5.74, 6) is 1.79. The lowest BCUT2D eigenvalue weighted by Gasteiger charge is -2.31. The fourth-order valence-electron chi connectivity index (χ4n) is 10.1. The molecule has 2 aromatic heterocycles. The van der Waals surface area contributed by atoms with Crippen LogP contribution in [-0.2, 0) is 14.3 Å². The minimum Gasteiger partial charge on any atom is -0.465 e. The highest BCUT2D eigenvalue weighted by Crippen LogP contribution is 2.55. The fraction of sp³-hybridized carbons (Fsp3) is 0.320. The monoisotopic (exact) mass is 856 g/mol. The summed E-state index contributed by atoms with van der Waals surface area (Å²) in [6.07, 6.45) is 7.98. The standard InChI is InChI=1S/C50H48N8O6/c59-47(43(55-49(61)62)32-8-3-1-4-9-32)57-39-22-34(39)24-41(57)45-51-26-37(53-45)30-18-14-28(15-19-30)29-16-20-31(21-17-29)38-27-52-46(54-38)42-25-35-23-40(35)58(42)48(60)44(33-10-5-2-6-11-33)56-50(63)64-36-12-7-13-36/h1-6,8-11,14-21,26-27,34-36,39-44,55H,7,12-13,22-25H2,(H,51,53)(H,52,54)(H,56,63)(H,61,62)/t34-,35-,39-,40-,41+,42+,43-,44-/m1/s1. The molecule has 324 valence electrons. The third-order valence-corrected chi connectivity index (χ3v) is 13.9. The molecule has 4 aromatic carbocycles. The Kier molecular flexibility index (Phi) is 10.0. The van der Waals surface area contributed by atoms with E-state index in [4.69, 9.17) is 14.7 Å². The van der Waals surface area contributed by atoms with Crippen LogP contribution in [0.15, 0.2) is 122 Å². The number of nitrogens with zero attached hydrogens (tertiary/aromatic N) is 4. The molecule has 5 N–H and O–H groups in total. The Balaban J connectivity index is 0.761. The van der Waals surface area contributed by atoms with E-state index in [9.17, 15) is 24.3 Å². The molecular weight excluding hydrogens is 809 g/mol. The number of hydrogen-bond donors (Lipinski definition) is 5. The molecule has 4 amide bonds. The molecule has 3 saturated carbocycles. The van der Waals surface area contributed by atoms with Crippen molar-refractivity contribution >= 4 is 24.0 Å². The number of amides is 4. The van der Waals surface area contributed by atoms with Crippen LogP contribution in [0.1, 0.15) is 91.9 Å². The maximum absolute atomic E-state index is 14.4. The predicted molar refractivity (Wildman–Crippen MR) is 236 cm³/mol. The number of carbonyl (C=O) groups is 4. The van der Waals surface area contributed by atoms with Crippen molar-refractivity contribution in [2.75, 3.05) is 0 Å². The molecule has 3 aliphatic carbocycles. The summed E-state index contributed by atoms with van der Waals surface area (Å²) in [6, 6.07) is 32.7. The van der Waals surface area contributed by atoms with Gasteiger partial charge >= 0.3 is 12.2 Å². The van der Waals surface area contributed by atoms with Gasteiger partial charge in [0.05, 0.1) is 29.7 Å². The van der Waals surface area contributed by atoms with Crippen molar-refractivity contribution in [3.05, 3.63) is 144 Å². The number of nitrogens with one attached hydrogen (secondary N) is 4. The molecule has 0 spiro atoms. The number of rotatable bonds is 12. The molecule has 2 saturated heterocycles. The second-order valence-electron chi connectivity index (χ2n) is 17.9. The van der Waals surface area contributed by atoms with Crippen LogP contribution in [0.4, 0.5) is 9.59 Å². The lowest BCUT2D eigenvalue weighted by molar-refractivity contribution is -0.136. The number of carbonyl (C=O) groups excluding carboxylic acids is 3. The first-order chi connectivity index (χ1) is 31.3. The summed E-state index contributed by atoms with van der Waals surface area (Å²) in [6.45, 7) is 0. The van der Waals surface area contributed by atoms with Crippen molar-refractivity contribution in [2.24, 2.45) is 11.8 Å². The summed E-state index contributed by atoms with van der Waals surface area (Å²) in [4.78, 5) is 73.4. The van der Waals surface area contributed by atoms with E-state index in [1.807, 2.05) is 70.7 Å². The zero-order valence-corrected chi connectivity index (χ0v) is 35.0. The van der Waals surface area contributed by atoms with E-state index < -0.39 is 24.3 Å². The van der Waals surface area contributed by atoms with Gasteiger partial charge in [0, 0.05) is 23.8 Å². The van der Waals surface area contributed by atoms with Crippen LogP contribution in [0.5, 0.6) is 0 Å². The average Bonchev–Trinajstić information content (AvgIpc) is 3.89. The molecule has 4 heterocycles. The molecule has 64 heavy (non-hydrogen) atoms. The number of likely N-dealkylation sites (tertiary alicyclic amines) is 2. The van der Waals surface area contributed by atoms with Gasteiger partial charge in [-0.1, -0.05) is 109 Å². The number of H-pyrrole nitrogens is 2. The van der Waals surface area contributed by atoms with Gasteiger partial charge in [0.2, 0.25) is 0 Å². The van der Waals surface area contributed by atoms with Crippen LogP contribution in [0.2, 0.25) is 0 Å². The van der Waals surface area contributed by atoms with E-state index >= 15 is 0 Å². The van der Waals surface area contributed by atoms with Gasteiger partial charge in [0.15, 0.2) is 0 Å². The number of aromatic nitrogens is 4. The largest absolute Gasteiger partial charge is 0.465 e. The van der Waals surface area contributed by atoms with Gasteiger partial charge < -0.3 is 40.2 Å². The highest BCUT2D eigenvalue weighted by atomic mass is 16.6. The van der Waals surface area contributed by atoms with Crippen LogP contribution in [0, 0.1) is 11.8 Å². The molecule has 11 rings (SSSR count). The normalized spacial score (nSPS) is 23.9. The van der Waals surface area contributed by atoms with Crippen LogP contribution in [0.3, 0.4) is 0 Å². The van der Waals surface area contributed by atoms with Crippen molar-refractivity contribution in [1.29, 1.82) is 0 Å². The van der Waals surface area contributed by atoms with Gasteiger partial charge in [-0.15, -0.1) is 0 Å². The number of aromatic amines is 2. The summed E-state index contributed by atoms with van der Waals surface area (Å²) in [5, 5.41) is 14.9. The summed E-state index contributed by atoms with van der Waals surface area (Å²) < 4.78 is 5.60. The number of fused-ring (bicyclic) bond motifs is 2. The van der Waals surface area contributed by atoms with Crippen molar-refractivity contribution in [1.82, 2.24) is 40.4 Å². The summed E-state index contributed by atoms with van der Waals surface area (Å²) in [7, 11) is 0. The number of hydrogen-bond acceptors (Lipinski definition) is 7. The van der Waals surface area contributed by atoms with E-state index in [1.54, 1.807) is 24.3 Å². The lowest BCUT2D eigenvalue weighted by atomic mass is 9.96. The molecule has 8 atom stereocenters.